The van der Waals surface area contributed by atoms with Gasteiger partial charge in [-0.3, -0.25) is 0 Å². The lowest BCUT2D eigenvalue weighted by atomic mass is 10.0. The van der Waals surface area contributed by atoms with Crippen molar-refractivity contribution in [3.8, 4) is 11.3 Å². The van der Waals surface area contributed by atoms with Crippen molar-refractivity contribution < 1.29 is 4.39 Å². The van der Waals surface area contributed by atoms with E-state index < -0.39 is 0 Å². The van der Waals surface area contributed by atoms with Crippen molar-refractivity contribution >= 4 is 17.2 Å². The molecule has 0 atom stereocenters. The monoisotopic (exact) mass is 349 g/mol. The quantitative estimate of drug-likeness (QED) is 0.768. The predicted molar refractivity (Wildman–Crippen MR) is 102 cm³/mol. The fraction of sp³-hybridized carbons (Fsp3) is 0.200. The topological polar surface area (TPSA) is 58.3 Å². The van der Waals surface area contributed by atoms with Gasteiger partial charge in [-0.25, -0.2) is 4.39 Å². The van der Waals surface area contributed by atoms with E-state index in [1.165, 1.54) is 11.6 Å². The third kappa shape index (κ3) is 3.23. The van der Waals surface area contributed by atoms with Gasteiger partial charge in [0, 0.05) is 36.6 Å². The van der Waals surface area contributed by atoms with Crippen LogP contribution in [-0.4, -0.2) is 35.2 Å². The van der Waals surface area contributed by atoms with Crippen LogP contribution in [0.15, 0.2) is 54.6 Å². The highest BCUT2D eigenvalue weighted by atomic mass is 19.1. The zero-order chi connectivity index (χ0) is 18.1. The lowest BCUT2D eigenvalue weighted by Crippen LogP contribution is -2.26. The summed E-state index contributed by atoms with van der Waals surface area (Å²) in [6, 6.07) is 16.6. The van der Waals surface area contributed by atoms with Crippen LogP contribution in [0.4, 0.5) is 21.6 Å². The minimum Gasteiger partial charge on any atom is -0.382 e. The van der Waals surface area contributed by atoms with Crippen molar-refractivity contribution in [1.29, 1.82) is 0 Å². The molecule has 2 aromatic carbocycles. The Bertz CT molecular complexity index is 926. The number of hydrogen-bond donors (Lipinski definition) is 1. The van der Waals surface area contributed by atoms with Gasteiger partial charge in [0.1, 0.15) is 11.6 Å². The molecule has 0 unspecified atom stereocenters. The van der Waals surface area contributed by atoms with Crippen LogP contribution < -0.4 is 10.6 Å². The second-order valence-corrected chi connectivity index (χ2v) is 6.56. The number of likely N-dealkylation sites (N-methyl/N-ethyl adjacent to an activating group) is 1. The first-order chi connectivity index (χ1) is 12.6. The summed E-state index contributed by atoms with van der Waals surface area (Å²) in [5.41, 5.74) is 10.5. The number of hydrogen-bond acceptors (Lipinski definition) is 5. The Hall–Kier alpha value is -2.99. The van der Waals surface area contributed by atoms with E-state index in [9.17, 15) is 4.39 Å². The van der Waals surface area contributed by atoms with E-state index in [1.54, 1.807) is 18.2 Å². The first-order valence-corrected chi connectivity index (χ1v) is 8.54. The maximum absolute atomic E-state index is 13.7. The molecule has 0 bridgehead atoms. The molecule has 5 nitrogen and oxygen atoms in total. The second-order valence-electron chi connectivity index (χ2n) is 6.56. The molecule has 6 heteroatoms. The van der Waals surface area contributed by atoms with E-state index in [0.717, 1.165) is 42.3 Å². The van der Waals surface area contributed by atoms with Gasteiger partial charge in [-0.05, 0) is 55.1 Å². The van der Waals surface area contributed by atoms with Gasteiger partial charge in [0.15, 0.2) is 0 Å². The van der Waals surface area contributed by atoms with Crippen LogP contribution in [0, 0.1) is 5.82 Å². The van der Waals surface area contributed by atoms with E-state index in [0.29, 0.717) is 5.82 Å². The number of nitrogen functional groups attached to an aromatic ring is 1. The van der Waals surface area contributed by atoms with E-state index in [4.69, 9.17) is 5.73 Å². The average molecular weight is 349 g/mol. The maximum Gasteiger partial charge on any atom is 0.146 e. The minimum absolute atomic E-state index is 0.226. The minimum atomic E-state index is -0.226. The Morgan fingerprint density at radius 2 is 1.88 bits per heavy atom. The Kier molecular flexibility index (Phi) is 4.26. The highest BCUT2D eigenvalue weighted by Gasteiger charge is 2.20. The van der Waals surface area contributed by atoms with Crippen molar-refractivity contribution in [3.05, 3.63) is 66.0 Å². The molecule has 0 aliphatic carbocycles. The smallest absolute Gasteiger partial charge is 0.146 e. The average Bonchev–Trinajstić information content (AvgIpc) is 2.80. The van der Waals surface area contributed by atoms with Gasteiger partial charge in [0.05, 0.1) is 5.69 Å². The molecular formula is C20H20FN5. The molecule has 0 saturated heterocycles. The van der Waals surface area contributed by atoms with Crippen LogP contribution in [0.2, 0.25) is 0 Å². The molecule has 0 spiro atoms. The largest absolute Gasteiger partial charge is 0.382 e. The van der Waals surface area contributed by atoms with Crippen molar-refractivity contribution in [2.45, 2.75) is 6.54 Å². The van der Waals surface area contributed by atoms with Crippen LogP contribution in [0.1, 0.15) is 5.56 Å². The molecule has 3 aromatic rings. The Morgan fingerprint density at radius 3 is 2.65 bits per heavy atom. The van der Waals surface area contributed by atoms with Crippen LogP contribution in [0.5, 0.6) is 0 Å². The van der Waals surface area contributed by atoms with Gasteiger partial charge >= 0.3 is 0 Å². The maximum atomic E-state index is 13.7. The molecule has 0 fully saturated rings. The van der Waals surface area contributed by atoms with Gasteiger partial charge in [-0.1, -0.05) is 12.1 Å². The first kappa shape index (κ1) is 16.5. The molecule has 1 aliphatic rings. The molecule has 0 radical (unpaired) electrons. The fourth-order valence-corrected chi connectivity index (χ4v) is 3.30. The number of rotatable bonds is 2. The molecule has 4 rings (SSSR count). The molecule has 2 N–H and O–H groups in total. The van der Waals surface area contributed by atoms with Crippen LogP contribution in [-0.2, 0) is 6.54 Å². The Labute approximate surface area is 151 Å². The summed E-state index contributed by atoms with van der Waals surface area (Å²) in [5, 5.41) is 8.12. The lowest BCUT2D eigenvalue weighted by molar-refractivity contribution is 0.343. The number of anilines is 3. The van der Waals surface area contributed by atoms with Gasteiger partial charge in [0.2, 0.25) is 0 Å². The lowest BCUT2D eigenvalue weighted by Gasteiger charge is -2.25. The third-order valence-corrected chi connectivity index (χ3v) is 4.62. The van der Waals surface area contributed by atoms with E-state index in [1.807, 2.05) is 18.2 Å². The summed E-state index contributed by atoms with van der Waals surface area (Å²) in [7, 11) is 2.09. The SMILES string of the molecule is CN1CCN(c2cccc(F)c2)c2ccc(-c3ccc(N)nn3)cc2C1. The summed E-state index contributed by atoms with van der Waals surface area (Å²) in [4.78, 5) is 4.43. The van der Waals surface area contributed by atoms with E-state index in [2.05, 4.69) is 39.2 Å². The Morgan fingerprint density at radius 1 is 1.00 bits per heavy atom. The van der Waals surface area contributed by atoms with E-state index >= 15 is 0 Å². The summed E-state index contributed by atoms with van der Waals surface area (Å²) in [6.07, 6.45) is 0. The molecule has 0 amide bonds. The highest BCUT2D eigenvalue weighted by Crippen LogP contribution is 2.34. The molecule has 132 valence electrons. The van der Waals surface area contributed by atoms with Crippen molar-refractivity contribution in [2.75, 3.05) is 30.8 Å². The van der Waals surface area contributed by atoms with Crippen LogP contribution >= 0.6 is 0 Å². The number of fused-ring (bicyclic) bond motifs is 1. The molecular weight excluding hydrogens is 329 g/mol. The fourth-order valence-electron chi connectivity index (χ4n) is 3.30. The molecule has 0 saturated carbocycles. The molecule has 2 heterocycles. The zero-order valence-electron chi connectivity index (χ0n) is 14.6. The normalized spacial score (nSPS) is 14.8. The Balaban J connectivity index is 1.78. The van der Waals surface area contributed by atoms with Crippen molar-refractivity contribution in [2.24, 2.45) is 0 Å². The van der Waals surface area contributed by atoms with Crippen molar-refractivity contribution in [1.82, 2.24) is 15.1 Å². The summed E-state index contributed by atoms with van der Waals surface area (Å²) >= 11 is 0. The standard InChI is InChI=1S/C20H20FN5/c1-25-9-10-26(17-4-2-3-16(21)12-17)19-7-5-14(11-15(19)13-25)18-6-8-20(22)24-23-18/h2-8,11-12H,9-10,13H2,1H3,(H2,22,24). The number of halogens is 1. The zero-order valence-corrected chi connectivity index (χ0v) is 14.6. The molecule has 26 heavy (non-hydrogen) atoms. The van der Waals surface area contributed by atoms with Gasteiger partial charge in [-0.2, -0.15) is 0 Å². The van der Waals surface area contributed by atoms with Crippen LogP contribution in [0.25, 0.3) is 11.3 Å². The number of nitrogens with zero attached hydrogens (tertiary/aromatic N) is 4. The van der Waals surface area contributed by atoms with E-state index in [-0.39, 0.29) is 5.82 Å². The van der Waals surface area contributed by atoms with Gasteiger partial charge in [-0.15, -0.1) is 10.2 Å². The molecule has 1 aromatic heterocycles. The predicted octanol–water partition coefficient (Wildman–Crippen LogP) is 3.45. The summed E-state index contributed by atoms with van der Waals surface area (Å²) < 4.78 is 13.7. The van der Waals surface area contributed by atoms with Crippen LogP contribution in [0.3, 0.4) is 0 Å². The molecule has 1 aliphatic heterocycles. The van der Waals surface area contributed by atoms with Crippen molar-refractivity contribution in [3.63, 3.8) is 0 Å². The van der Waals surface area contributed by atoms with Gasteiger partial charge in [0.25, 0.3) is 0 Å². The summed E-state index contributed by atoms with van der Waals surface area (Å²) in [6.45, 7) is 2.51. The number of benzene rings is 2. The highest BCUT2D eigenvalue weighted by molar-refractivity contribution is 5.72. The second kappa shape index (κ2) is 6.72. The first-order valence-electron chi connectivity index (χ1n) is 8.54. The van der Waals surface area contributed by atoms with Gasteiger partial charge < -0.3 is 15.5 Å². The number of nitrogens with two attached hydrogens (primary N) is 1. The number of aromatic nitrogens is 2. The summed E-state index contributed by atoms with van der Waals surface area (Å²) in [5.74, 6) is 0.177. The third-order valence-electron chi connectivity index (χ3n) is 4.62.